The van der Waals surface area contributed by atoms with Crippen LogP contribution in [0.2, 0.25) is 5.02 Å². The molecule has 148 valence electrons. The quantitative estimate of drug-likeness (QED) is 0.680. The van der Waals surface area contributed by atoms with E-state index in [1.807, 2.05) is 46.9 Å². The minimum atomic E-state index is -0.340. The van der Waals surface area contributed by atoms with Gasteiger partial charge in [-0.25, -0.2) is 4.72 Å². The molecule has 1 aliphatic rings. The highest BCUT2D eigenvalue weighted by Crippen LogP contribution is 2.29. The van der Waals surface area contributed by atoms with E-state index in [2.05, 4.69) is 10.8 Å². The number of nitrogens with one attached hydrogen (secondary N) is 1. The van der Waals surface area contributed by atoms with E-state index >= 15 is 0 Å². The lowest BCUT2D eigenvalue weighted by atomic mass is 10.1. The van der Waals surface area contributed by atoms with E-state index in [1.54, 1.807) is 6.07 Å². The van der Waals surface area contributed by atoms with Gasteiger partial charge in [-0.15, -0.1) is 0 Å². The van der Waals surface area contributed by atoms with E-state index in [0.29, 0.717) is 23.7 Å². The molecule has 1 unspecified atom stereocenters. The molecule has 1 aliphatic heterocycles. The summed E-state index contributed by atoms with van der Waals surface area (Å²) in [4.78, 5) is 16.1. The molecule has 1 fully saturated rings. The number of benzene rings is 1. The Morgan fingerprint density at radius 3 is 2.79 bits per heavy atom. The largest absolute Gasteiger partial charge is 0.341 e. The fourth-order valence-corrected chi connectivity index (χ4v) is 4.63. The zero-order chi connectivity index (χ0) is 19.9. The number of aromatic nitrogens is 1. The van der Waals surface area contributed by atoms with Crippen molar-refractivity contribution in [1.29, 1.82) is 5.26 Å². The molecule has 2 heterocycles. The second kappa shape index (κ2) is 10.0. The molecule has 1 amide bonds. The highest BCUT2D eigenvalue weighted by Gasteiger charge is 2.26. The maximum atomic E-state index is 13.1. The van der Waals surface area contributed by atoms with Crippen LogP contribution in [0.5, 0.6) is 0 Å². The number of hydrogen-bond donors (Lipinski definition) is 1. The van der Waals surface area contributed by atoms with Crippen molar-refractivity contribution in [1.82, 2.24) is 14.2 Å². The van der Waals surface area contributed by atoms with Gasteiger partial charge in [0.2, 0.25) is 5.91 Å². The number of nitrogens with zero attached hydrogens (tertiary/aromatic N) is 3. The second-order valence-electron chi connectivity index (χ2n) is 7.03. The Morgan fingerprint density at radius 1 is 1.29 bits per heavy atom. The second-order valence-corrected chi connectivity index (χ2v) is 8.29. The van der Waals surface area contributed by atoms with E-state index in [-0.39, 0.29) is 11.9 Å². The molecule has 0 spiro atoms. The van der Waals surface area contributed by atoms with Gasteiger partial charge in [-0.1, -0.05) is 23.7 Å². The third-order valence-electron chi connectivity index (χ3n) is 5.04. The van der Waals surface area contributed by atoms with Crippen molar-refractivity contribution in [2.45, 2.75) is 50.1 Å². The van der Waals surface area contributed by atoms with Crippen LogP contribution < -0.4 is 4.72 Å². The van der Waals surface area contributed by atoms with Crippen LogP contribution in [-0.4, -0.2) is 34.5 Å². The summed E-state index contributed by atoms with van der Waals surface area (Å²) in [7, 11) is 0. The first-order chi connectivity index (χ1) is 13.6. The third kappa shape index (κ3) is 5.11. The summed E-state index contributed by atoms with van der Waals surface area (Å²) in [5, 5.41) is 9.90. The number of piperidine rings is 1. The molecule has 1 aromatic carbocycles. The minimum absolute atomic E-state index is 0.127. The summed E-state index contributed by atoms with van der Waals surface area (Å²) in [6.07, 6.45) is 5.79. The molecular formula is C21H25ClN4OS. The third-order valence-corrected chi connectivity index (χ3v) is 6.61. The van der Waals surface area contributed by atoms with Crippen LogP contribution in [-0.2, 0) is 11.3 Å². The van der Waals surface area contributed by atoms with E-state index < -0.39 is 0 Å². The maximum Gasteiger partial charge on any atom is 0.240 e. The van der Waals surface area contributed by atoms with Crippen molar-refractivity contribution >= 4 is 29.5 Å². The first-order valence-electron chi connectivity index (χ1n) is 9.61. The summed E-state index contributed by atoms with van der Waals surface area (Å²) in [6, 6.07) is 11.3. The normalized spacial score (nSPS) is 15.2. The summed E-state index contributed by atoms with van der Waals surface area (Å²) < 4.78 is 5.25. The van der Waals surface area contributed by atoms with E-state index in [4.69, 9.17) is 11.6 Å². The highest BCUT2D eigenvalue weighted by molar-refractivity contribution is 7.97. The van der Waals surface area contributed by atoms with Crippen LogP contribution in [0.15, 0.2) is 41.4 Å². The molecule has 0 radical (unpaired) electrons. The summed E-state index contributed by atoms with van der Waals surface area (Å²) in [5.41, 5.74) is 1.69. The monoisotopic (exact) mass is 416 g/mol. The van der Waals surface area contributed by atoms with Crippen LogP contribution in [0.1, 0.15) is 36.9 Å². The van der Waals surface area contributed by atoms with Crippen LogP contribution in [0, 0.1) is 18.3 Å². The Hall–Kier alpha value is -1.94. The van der Waals surface area contributed by atoms with E-state index in [9.17, 15) is 10.1 Å². The number of halogens is 1. The van der Waals surface area contributed by atoms with Gasteiger partial charge in [0.1, 0.15) is 11.8 Å². The van der Waals surface area contributed by atoms with Crippen molar-refractivity contribution in [3.8, 4) is 6.07 Å². The lowest BCUT2D eigenvalue weighted by Gasteiger charge is -2.31. The van der Waals surface area contributed by atoms with E-state index in [0.717, 1.165) is 36.4 Å². The number of carbonyl (C=O) groups is 1. The zero-order valence-electron chi connectivity index (χ0n) is 16.0. The number of likely N-dealkylation sites (tertiary alicyclic amines) is 1. The molecule has 7 heteroatoms. The van der Waals surface area contributed by atoms with Crippen LogP contribution >= 0.6 is 23.5 Å². The molecule has 1 N–H and O–H groups in total. The van der Waals surface area contributed by atoms with Gasteiger partial charge in [0.05, 0.1) is 11.1 Å². The molecule has 1 saturated heterocycles. The van der Waals surface area contributed by atoms with Crippen LogP contribution in [0.3, 0.4) is 0 Å². The van der Waals surface area contributed by atoms with Gasteiger partial charge in [0.15, 0.2) is 0 Å². The summed E-state index contributed by atoms with van der Waals surface area (Å²) >= 11 is 7.76. The molecule has 0 saturated carbocycles. The number of amides is 1. The smallest absolute Gasteiger partial charge is 0.240 e. The first-order valence-corrected chi connectivity index (χ1v) is 10.8. The molecule has 5 nitrogen and oxygen atoms in total. The molecule has 0 bridgehead atoms. The maximum absolute atomic E-state index is 13.1. The van der Waals surface area contributed by atoms with Gasteiger partial charge in [-0.3, -0.25) is 4.79 Å². The highest BCUT2D eigenvalue weighted by atomic mass is 35.5. The fourth-order valence-electron chi connectivity index (χ4n) is 3.42. The molecular weight excluding hydrogens is 392 g/mol. The van der Waals surface area contributed by atoms with Gasteiger partial charge >= 0.3 is 0 Å². The number of aryl methyl sites for hydroxylation is 2. The van der Waals surface area contributed by atoms with E-state index in [1.165, 1.54) is 18.4 Å². The standard InChI is InChI=1S/C21H25ClN4OS/c1-16-7-5-9-18(22)20(16)28-24-19(21(27)26-11-3-2-4-12-26)10-14-25-13-6-8-17(25)15-23/h5-9,13,19,24H,2-4,10-12,14H2,1H3. The topological polar surface area (TPSA) is 61.1 Å². The Labute approximate surface area is 175 Å². The Kier molecular flexibility index (Phi) is 7.43. The molecule has 2 aromatic rings. The van der Waals surface area contributed by atoms with Crippen molar-refractivity contribution < 1.29 is 4.79 Å². The Bertz CT molecular complexity index is 834. The first kappa shape index (κ1) is 20.8. The average molecular weight is 417 g/mol. The van der Waals surface area contributed by atoms with Crippen molar-refractivity contribution in [2.75, 3.05) is 13.1 Å². The Morgan fingerprint density at radius 2 is 2.07 bits per heavy atom. The minimum Gasteiger partial charge on any atom is -0.341 e. The van der Waals surface area contributed by atoms with Gasteiger partial charge in [0, 0.05) is 30.7 Å². The fraction of sp³-hybridized carbons (Fsp3) is 0.429. The molecule has 1 aromatic heterocycles. The SMILES string of the molecule is Cc1cccc(Cl)c1SNC(CCn1cccc1C#N)C(=O)N1CCCCC1. The lowest BCUT2D eigenvalue weighted by molar-refractivity contribution is -0.134. The number of rotatable bonds is 7. The number of carbonyl (C=O) groups excluding carboxylic acids is 1. The van der Waals surface area contributed by atoms with Gasteiger partial charge in [-0.05, 0) is 68.3 Å². The summed E-state index contributed by atoms with van der Waals surface area (Å²) in [6.45, 7) is 4.26. The van der Waals surface area contributed by atoms with Crippen molar-refractivity contribution in [3.05, 3.63) is 52.8 Å². The molecule has 28 heavy (non-hydrogen) atoms. The number of nitriles is 1. The van der Waals surface area contributed by atoms with Crippen LogP contribution in [0.25, 0.3) is 0 Å². The lowest BCUT2D eigenvalue weighted by Crippen LogP contribution is -2.47. The Balaban J connectivity index is 1.71. The molecule has 1 atom stereocenters. The van der Waals surface area contributed by atoms with Gasteiger partial charge < -0.3 is 9.47 Å². The van der Waals surface area contributed by atoms with Crippen molar-refractivity contribution in [2.24, 2.45) is 0 Å². The predicted molar refractivity (Wildman–Crippen MR) is 113 cm³/mol. The van der Waals surface area contributed by atoms with Gasteiger partial charge in [0.25, 0.3) is 0 Å². The average Bonchev–Trinajstić information content (AvgIpc) is 3.17. The number of hydrogen-bond acceptors (Lipinski definition) is 4. The predicted octanol–water partition coefficient (Wildman–Crippen LogP) is 4.39. The molecule has 0 aliphatic carbocycles. The zero-order valence-corrected chi connectivity index (χ0v) is 17.6. The van der Waals surface area contributed by atoms with Crippen LogP contribution in [0.4, 0.5) is 0 Å². The molecule has 3 rings (SSSR count). The van der Waals surface area contributed by atoms with Gasteiger partial charge in [-0.2, -0.15) is 5.26 Å². The van der Waals surface area contributed by atoms with Crippen molar-refractivity contribution in [3.63, 3.8) is 0 Å². The summed E-state index contributed by atoms with van der Waals surface area (Å²) in [5.74, 6) is 0.127.